The lowest BCUT2D eigenvalue weighted by atomic mass is 9.52. The van der Waals surface area contributed by atoms with E-state index in [1.807, 2.05) is 13.0 Å². The normalized spacial score (nSPS) is 26.8. The standard InChI is InChI=1S/C24H17NO/c1-13-7-8-19-18(11-13)24-10-9-16(15-5-3-4-6-17(15)24)21-22(24)20(25-19)12-14(2)23(21)26/h3-12,16H,1-2H3. The van der Waals surface area contributed by atoms with Gasteiger partial charge in [-0.15, -0.1) is 0 Å². The summed E-state index contributed by atoms with van der Waals surface area (Å²) in [6.45, 7) is 4.02. The molecule has 2 bridgehead atoms. The third kappa shape index (κ3) is 1.42. The van der Waals surface area contributed by atoms with Gasteiger partial charge in [-0.3, -0.25) is 4.79 Å². The lowest BCUT2D eigenvalue weighted by molar-refractivity contribution is -0.112. The molecule has 1 spiro atoms. The molecule has 2 unspecified atom stereocenters. The summed E-state index contributed by atoms with van der Waals surface area (Å²) in [5.74, 6) is 0.207. The summed E-state index contributed by atoms with van der Waals surface area (Å²) in [5.41, 5.74) is 9.34. The van der Waals surface area contributed by atoms with Crippen LogP contribution in [0.1, 0.15) is 35.1 Å². The molecule has 0 fully saturated rings. The number of carbonyl (C=O) groups excluding carboxylic acids is 1. The lowest BCUT2D eigenvalue weighted by Crippen LogP contribution is -2.45. The Hall–Kier alpha value is -3.00. The number of hydrogen-bond acceptors (Lipinski definition) is 2. The minimum atomic E-state index is -0.397. The summed E-state index contributed by atoms with van der Waals surface area (Å²) in [6, 6.07) is 15.0. The molecule has 0 saturated heterocycles. The number of allylic oxidation sites excluding steroid dienone is 6. The van der Waals surface area contributed by atoms with Gasteiger partial charge in [-0.1, -0.05) is 54.1 Å². The van der Waals surface area contributed by atoms with E-state index in [1.165, 1.54) is 22.3 Å². The number of carbonyl (C=O) groups is 1. The molecule has 7 rings (SSSR count). The maximum Gasteiger partial charge on any atom is 0.186 e. The summed E-state index contributed by atoms with van der Waals surface area (Å²) < 4.78 is 0. The third-order valence-corrected chi connectivity index (χ3v) is 6.26. The molecule has 4 aliphatic carbocycles. The van der Waals surface area contributed by atoms with Gasteiger partial charge in [-0.05, 0) is 48.3 Å². The van der Waals surface area contributed by atoms with E-state index < -0.39 is 5.41 Å². The van der Waals surface area contributed by atoms with Gasteiger partial charge in [0.25, 0.3) is 0 Å². The van der Waals surface area contributed by atoms with Crippen LogP contribution in [-0.4, -0.2) is 11.5 Å². The highest BCUT2D eigenvalue weighted by Gasteiger charge is 2.54. The number of benzene rings is 2. The van der Waals surface area contributed by atoms with Crippen LogP contribution in [0.3, 0.4) is 0 Å². The van der Waals surface area contributed by atoms with Crippen LogP contribution in [-0.2, 0) is 10.2 Å². The molecule has 2 heteroatoms. The number of ketones is 1. The Labute approximate surface area is 152 Å². The van der Waals surface area contributed by atoms with E-state index >= 15 is 0 Å². The summed E-state index contributed by atoms with van der Waals surface area (Å²) in [6.07, 6.45) is 6.52. The SMILES string of the molecule is CC1=CC2=Nc3ccc(C)cc3C34C=CC(C(=C23)C1=O)c1ccccc14. The molecule has 1 aliphatic heterocycles. The molecule has 2 aromatic carbocycles. The van der Waals surface area contributed by atoms with Gasteiger partial charge in [-0.2, -0.15) is 0 Å². The molecule has 5 aliphatic rings. The Morgan fingerprint density at radius 3 is 2.77 bits per heavy atom. The van der Waals surface area contributed by atoms with E-state index in [2.05, 4.69) is 61.5 Å². The van der Waals surface area contributed by atoms with Crippen LogP contribution in [0.2, 0.25) is 0 Å². The van der Waals surface area contributed by atoms with Crippen molar-refractivity contribution in [3.8, 4) is 0 Å². The molecular weight excluding hydrogens is 318 g/mol. The number of nitrogens with zero attached hydrogens (tertiary/aromatic N) is 1. The summed E-state index contributed by atoms with van der Waals surface area (Å²) >= 11 is 0. The van der Waals surface area contributed by atoms with Crippen molar-refractivity contribution in [2.75, 3.05) is 0 Å². The first-order valence-corrected chi connectivity index (χ1v) is 9.08. The average Bonchev–Trinajstić information content (AvgIpc) is 2.67. The summed E-state index contributed by atoms with van der Waals surface area (Å²) in [5, 5.41) is 0. The zero-order valence-electron chi connectivity index (χ0n) is 14.7. The molecule has 2 atom stereocenters. The fourth-order valence-electron chi connectivity index (χ4n) is 5.20. The van der Waals surface area contributed by atoms with Crippen molar-refractivity contribution in [2.24, 2.45) is 4.99 Å². The van der Waals surface area contributed by atoms with Crippen molar-refractivity contribution in [1.82, 2.24) is 0 Å². The molecule has 124 valence electrons. The first-order chi connectivity index (χ1) is 12.6. The molecule has 2 aromatic rings. The van der Waals surface area contributed by atoms with Crippen LogP contribution in [0, 0.1) is 6.92 Å². The lowest BCUT2D eigenvalue weighted by Gasteiger charge is -2.50. The van der Waals surface area contributed by atoms with Gasteiger partial charge >= 0.3 is 0 Å². The van der Waals surface area contributed by atoms with Crippen LogP contribution in [0.15, 0.2) is 82.4 Å². The first kappa shape index (κ1) is 14.2. The van der Waals surface area contributed by atoms with Gasteiger partial charge < -0.3 is 0 Å². The van der Waals surface area contributed by atoms with Gasteiger partial charge in [0.15, 0.2) is 5.78 Å². The maximum absolute atomic E-state index is 13.2. The molecule has 0 radical (unpaired) electrons. The van der Waals surface area contributed by atoms with Gasteiger partial charge in [0.05, 0.1) is 16.8 Å². The number of aryl methyl sites for hydroxylation is 1. The maximum atomic E-state index is 13.2. The van der Waals surface area contributed by atoms with Crippen molar-refractivity contribution < 1.29 is 4.79 Å². The van der Waals surface area contributed by atoms with Crippen LogP contribution < -0.4 is 0 Å². The van der Waals surface area contributed by atoms with Gasteiger partial charge in [0, 0.05) is 17.1 Å². The second-order valence-corrected chi connectivity index (χ2v) is 7.69. The zero-order valence-corrected chi connectivity index (χ0v) is 14.7. The van der Waals surface area contributed by atoms with Gasteiger partial charge in [-0.25, -0.2) is 4.99 Å². The quantitative estimate of drug-likeness (QED) is 0.499. The molecule has 0 saturated carbocycles. The Kier molecular flexibility index (Phi) is 2.40. The predicted molar refractivity (Wildman–Crippen MR) is 103 cm³/mol. The third-order valence-electron chi connectivity index (χ3n) is 6.26. The smallest absolute Gasteiger partial charge is 0.186 e. The number of fused-ring (bicyclic) bond motifs is 1. The van der Waals surface area contributed by atoms with Crippen molar-refractivity contribution >= 4 is 17.2 Å². The predicted octanol–water partition coefficient (Wildman–Crippen LogP) is 4.86. The number of rotatable bonds is 0. The highest BCUT2D eigenvalue weighted by atomic mass is 16.1. The number of Topliss-reactive ketones (excluding diaryl/α,β-unsaturated/α-hetero) is 1. The number of aliphatic imine (C=N–C) groups is 1. The highest BCUT2D eigenvalue weighted by Crippen LogP contribution is 2.60. The van der Waals surface area contributed by atoms with Gasteiger partial charge in [0.2, 0.25) is 0 Å². The van der Waals surface area contributed by atoms with E-state index in [-0.39, 0.29) is 11.7 Å². The average molecular weight is 335 g/mol. The summed E-state index contributed by atoms with van der Waals surface area (Å²) in [7, 11) is 0. The molecule has 26 heavy (non-hydrogen) atoms. The summed E-state index contributed by atoms with van der Waals surface area (Å²) in [4.78, 5) is 18.1. The Bertz CT molecular complexity index is 1170. The van der Waals surface area contributed by atoms with Crippen molar-refractivity contribution in [1.29, 1.82) is 0 Å². The van der Waals surface area contributed by atoms with Crippen LogP contribution in [0.5, 0.6) is 0 Å². The van der Waals surface area contributed by atoms with E-state index in [9.17, 15) is 4.79 Å². The monoisotopic (exact) mass is 335 g/mol. The Morgan fingerprint density at radius 1 is 1.04 bits per heavy atom. The molecular formula is C24H17NO. The van der Waals surface area contributed by atoms with Crippen LogP contribution in [0.4, 0.5) is 5.69 Å². The first-order valence-electron chi connectivity index (χ1n) is 9.08. The van der Waals surface area contributed by atoms with Gasteiger partial charge in [0.1, 0.15) is 0 Å². The molecule has 1 heterocycles. The zero-order chi connectivity index (χ0) is 17.6. The van der Waals surface area contributed by atoms with E-state index in [4.69, 9.17) is 4.99 Å². The van der Waals surface area contributed by atoms with Crippen molar-refractivity contribution in [3.63, 3.8) is 0 Å². The van der Waals surface area contributed by atoms with E-state index in [0.717, 1.165) is 28.1 Å². The minimum absolute atomic E-state index is 0.0378. The molecule has 2 nitrogen and oxygen atoms in total. The van der Waals surface area contributed by atoms with Crippen molar-refractivity contribution in [3.05, 3.63) is 99.7 Å². The van der Waals surface area contributed by atoms with Crippen molar-refractivity contribution in [2.45, 2.75) is 25.2 Å². The van der Waals surface area contributed by atoms with E-state index in [0.29, 0.717) is 0 Å². The Balaban J connectivity index is 1.84. The second-order valence-electron chi connectivity index (χ2n) is 7.69. The largest absolute Gasteiger partial charge is 0.289 e. The van der Waals surface area contributed by atoms with Crippen LogP contribution in [0.25, 0.3) is 0 Å². The fourth-order valence-corrected chi connectivity index (χ4v) is 5.20. The molecule has 0 amide bonds. The fraction of sp³-hybridized carbons (Fsp3) is 0.167. The minimum Gasteiger partial charge on any atom is -0.289 e. The number of hydrogen-bond donors (Lipinski definition) is 0. The molecule has 0 aromatic heterocycles. The second kappa shape index (κ2) is 4.39. The Morgan fingerprint density at radius 2 is 1.88 bits per heavy atom. The van der Waals surface area contributed by atoms with E-state index in [1.54, 1.807) is 0 Å². The van der Waals surface area contributed by atoms with Crippen LogP contribution >= 0.6 is 0 Å². The highest BCUT2D eigenvalue weighted by molar-refractivity contribution is 6.28. The molecule has 0 N–H and O–H groups in total. The topological polar surface area (TPSA) is 29.4 Å².